The second-order valence-corrected chi connectivity index (χ2v) is 14.8. The highest BCUT2D eigenvalue weighted by Gasteiger charge is 2.01. The first-order valence-corrected chi connectivity index (χ1v) is 24.1. The summed E-state index contributed by atoms with van der Waals surface area (Å²) in [6.45, 7) is 6.90. The summed E-state index contributed by atoms with van der Waals surface area (Å²) >= 11 is 0. The van der Waals surface area contributed by atoms with E-state index in [-0.39, 0.29) is 30.0 Å². The van der Waals surface area contributed by atoms with Crippen LogP contribution in [0.25, 0.3) is 0 Å². The lowest BCUT2D eigenvalue weighted by Crippen LogP contribution is -2.33. The maximum Gasteiger partial charge on any atom is 0.328 e. The van der Waals surface area contributed by atoms with E-state index in [9.17, 15) is 28.8 Å². The van der Waals surface area contributed by atoms with Crippen molar-refractivity contribution in [2.24, 2.45) is 0 Å². The summed E-state index contributed by atoms with van der Waals surface area (Å²) in [5.41, 5.74) is 0. The van der Waals surface area contributed by atoms with Gasteiger partial charge in [-0.25, -0.2) is 4.79 Å². The van der Waals surface area contributed by atoms with Crippen LogP contribution in [-0.2, 0) is 28.8 Å². The molecule has 0 rings (SSSR count). The van der Waals surface area contributed by atoms with Crippen molar-refractivity contribution in [3.05, 3.63) is 170 Å². The van der Waals surface area contributed by atoms with Crippen molar-refractivity contribution in [1.29, 1.82) is 0 Å². The average Bonchev–Trinajstić information content (AvgIpc) is 3.32. The van der Waals surface area contributed by atoms with Crippen LogP contribution >= 0.6 is 0 Å². The summed E-state index contributed by atoms with van der Waals surface area (Å²) < 4.78 is 0. The van der Waals surface area contributed by atoms with Gasteiger partial charge in [0.2, 0.25) is 23.6 Å². The molecule has 0 aliphatic carbocycles. The van der Waals surface area contributed by atoms with Crippen LogP contribution in [0.2, 0.25) is 0 Å². The number of allylic oxidation sites excluding steroid dienone is 25. The minimum absolute atomic E-state index is 0.0481. The van der Waals surface area contributed by atoms with Crippen LogP contribution in [0, 0.1) is 0 Å². The van der Waals surface area contributed by atoms with E-state index in [1.807, 2.05) is 18.2 Å². The van der Waals surface area contributed by atoms with Gasteiger partial charge in [-0.05, 0) is 103 Å². The van der Waals surface area contributed by atoms with Crippen molar-refractivity contribution in [3.8, 4) is 0 Å². The summed E-state index contributed by atoms with van der Waals surface area (Å²) in [7, 11) is 0. The standard InChI is InChI=1S/C29H42N2O3.C28H40N2O4/c1-3-4-5-6-7-8-9-10-11-12-13-14-15-16-17-18-19-20-21-22-28(33)30-25-26-31-29(34)24-23-27(2)32;1-2-3-4-5-6-7-8-9-10-11-12-13-14-15-16-17-18-19-20-21-26(31)29-24-25-30-27(32)22-23-28(33)34/h4-5,7-8,10-11,13-14,16-17,19-20,23-24H,3,6,9,12,15,18,21-22,25-26H2,1-2H3,(H,30,33)(H,31,34);3-4,6-7,9-10,12-13,15-16,18-19,22-23H,2,5,8,11,14,17,20-21,24-25H2,1H3,(H,29,31)(H,30,32)(H,33,34)/b5-4-,8-7-,11-10-,14-13-,17-16-,20-19-,24-23+;4-3-,7-6-,10-9-,13-12-,16-15-,19-18-,23-22+. The van der Waals surface area contributed by atoms with Crippen molar-refractivity contribution in [2.75, 3.05) is 26.2 Å². The zero-order chi connectivity index (χ0) is 50.2. The first-order chi connectivity index (χ1) is 33.1. The third kappa shape index (κ3) is 57.4. The fraction of sp³-hybridized carbons (Fsp3) is 0.404. The molecule has 0 unspecified atom stereocenters. The minimum Gasteiger partial charge on any atom is -0.478 e. The normalized spacial score (nSPS) is 12.5. The van der Waals surface area contributed by atoms with Crippen LogP contribution in [0.1, 0.15) is 124 Å². The Hall–Kier alpha value is -6.62. The SMILES string of the molecule is CC/C=C\C/C=C\C/C=C\C/C=C\C/C=C\C/C=C\CCC(=O)NCCNC(=O)/C=C/C(=O)O.CC/C=C\C/C=C\C/C=C\C/C=C\C/C=C\C/C=C\CCC(=O)NCCNC(=O)/C=C/C(C)=O. The van der Waals surface area contributed by atoms with Gasteiger partial charge in [0.05, 0.1) is 0 Å². The zero-order valence-corrected chi connectivity index (χ0v) is 41.2. The largest absolute Gasteiger partial charge is 0.478 e. The molecule has 0 aromatic heterocycles. The van der Waals surface area contributed by atoms with E-state index in [1.165, 1.54) is 19.1 Å². The second-order valence-electron chi connectivity index (χ2n) is 14.8. The van der Waals surface area contributed by atoms with E-state index in [1.54, 1.807) is 0 Å². The Bertz CT molecular complexity index is 1670. The van der Waals surface area contributed by atoms with E-state index >= 15 is 0 Å². The van der Waals surface area contributed by atoms with Crippen molar-refractivity contribution in [1.82, 2.24) is 21.3 Å². The Balaban J connectivity index is 0. The van der Waals surface area contributed by atoms with Crippen molar-refractivity contribution < 1.29 is 33.9 Å². The Morgan fingerprint density at radius 3 is 0.853 bits per heavy atom. The van der Waals surface area contributed by atoms with Gasteiger partial charge < -0.3 is 26.4 Å². The van der Waals surface area contributed by atoms with E-state index < -0.39 is 11.9 Å². The highest BCUT2D eigenvalue weighted by atomic mass is 16.4. The van der Waals surface area contributed by atoms with E-state index in [0.29, 0.717) is 45.3 Å². The molecule has 0 heterocycles. The number of carbonyl (C=O) groups excluding carboxylic acids is 5. The maximum absolute atomic E-state index is 11.7. The number of aliphatic carboxylic acids is 1. The Morgan fingerprint density at radius 1 is 0.338 bits per heavy atom. The Labute approximate surface area is 408 Å². The predicted octanol–water partition coefficient (Wildman–Crippen LogP) is 11.2. The number of carbonyl (C=O) groups is 6. The Kier molecular flexibility index (Phi) is 49.5. The molecule has 68 heavy (non-hydrogen) atoms. The molecular formula is C57H82N4O7. The van der Waals surface area contributed by atoms with E-state index in [0.717, 1.165) is 89.2 Å². The third-order valence-corrected chi connectivity index (χ3v) is 8.61. The maximum atomic E-state index is 11.7. The van der Waals surface area contributed by atoms with Gasteiger partial charge in [-0.3, -0.25) is 24.0 Å². The molecule has 0 fully saturated rings. The first-order valence-electron chi connectivity index (χ1n) is 24.1. The topological polar surface area (TPSA) is 171 Å². The van der Waals surface area contributed by atoms with Gasteiger partial charge in [-0.15, -0.1) is 0 Å². The molecule has 4 amide bonds. The highest BCUT2D eigenvalue weighted by Crippen LogP contribution is 2.00. The monoisotopic (exact) mass is 935 g/mol. The van der Waals surface area contributed by atoms with Crippen LogP contribution in [-0.4, -0.2) is 66.7 Å². The number of carboxylic acids is 1. The van der Waals surface area contributed by atoms with Gasteiger partial charge in [0.15, 0.2) is 5.78 Å². The molecular weight excluding hydrogens is 853 g/mol. The molecule has 372 valence electrons. The van der Waals surface area contributed by atoms with Gasteiger partial charge in [0, 0.05) is 57.2 Å². The number of hydrogen-bond acceptors (Lipinski definition) is 6. The summed E-state index contributed by atoms with van der Waals surface area (Å²) in [4.78, 5) is 67.1. The minimum atomic E-state index is -1.18. The van der Waals surface area contributed by atoms with Crippen molar-refractivity contribution >= 4 is 35.4 Å². The predicted molar refractivity (Wildman–Crippen MR) is 284 cm³/mol. The number of nitrogens with one attached hydrogen (secondary N) is 4. The smallest absolute Gasteiger partial charge is 0.328 e. The molecule has 0 atom stereocenters. The third-order valence-electron chi connectivity index (χ3n) is 8.61. The molecule has 0 saturated carbocycles. The van der Waals surface area contributed by atoms with Crippen LogP contribution in [0.15, 0.2) is 170 Å². The fourth-order valence-corrected chi connectivity index (χ4v) is 5.12. The molecule has 11 heteroatoms. The van der Waals surface area contributed by atoms with Gasteiger partial charge in [-0.2, -0.15) is 0 Å². The van der Waals surface area contributed by atoms with Gasteiger partial charge in [-0.1, -0.05) is 160 Å². The van der Waals surface area contributed by atoms with Crippen LogP contribution in [0.4, 0.5) is 0 Å². The number of ketones is 1. The average molecular weight is 935 g/mol. The van der Waals surface area contributed by atoms with Gasteiger partial charge in [0.1, 0.15) is 0 Å². The lowest BCUT2D eigenvalue weighted by Gasteiger charge is -2.04. The van der Waals surface area contributed by atoms with Gasteiger partial charge >= 0.3 is 5.97 Å². The second kappa shape index (κ2) is 53.0. The summed E-state index contributed by atoms with van der Waals surface area (Å²) in [5.74, 6) is -2.35. The number of rotatable bonds is 38. The molecule has 0 aromatic rings. The van der Waals surface area contributed by atoms with Crippen LogP contribution in [0.3, 0.4) is 0 Å². The van der Waals surface area contributed by atoms with Crippen LogP contribution in [0.5, 0.6) is 0 Å². The Morgan fingerprint density at radius 2 is 0.588 bits per heavy atom. The summed E-state index contributed by atoms with van der Waals surface area (Å²) in [5, 5.41) is 19.0. The number of amides is 4. The molecule has 0 spiro atoms. The molecule has 0 aliphatic heterocycles. The molecule has 0 radical (unpaired) electrons. The van der Waals surface area contributed by atoms with Crippen LogP contribution < -0.4 is 21.3 Å². The lowest BCUT2D eigenvalue weighted by molar-refractivity contribution is -0.131. The first kappa shape index (κ1) is 63.5. The number of hydrogen-bond donors (Lipinski definition) is 5. The van der Waals surface area contributed by atoms with Crippen molar-refractivity contribution in [2.45, 2.75) is 124 Å². The van der Waals surface area contributed by atoms with E-state index in [4.69, 9.17) is 5.11 Å². The molecule has 11 nitrogen and oxygen atoms in total. The van der Waals surface area contributed by atoms with E-state index in [2.05, 4.69) is 163 Å². The zero-order valence-electron chi connectivity index (χ0n) is 41.2. The summed E-state index contributed by atoms with van der Waals surface area (Å²) in [6, 6.07) is 0. The summed E-state index contributed by atoms with van der Waals surface area (Å²) in [6.07, 6.45) is 69.4. The molecule has 0 bridgehead atoms. The fourth-order valence-electron chi connectivity index (χ4n) is 5.12. The molecule has 0 saturated heterocycles. The highest BCUT2D eigenvalue weighted by molar-refractivity contribution is 5.96. The van der Waals surface area contributed by atoms with Crippen molar-refractivity contribution in [3.63, 3.8) is 0 Å². The molecule has 0 aromatic carbocycles. The molecule has 0 aliphatic rings. The molecule has 5 N–H and O–H groups in total. The van der Waals surface area contributed by atoms with Gasteiger partial charge in [0.25, 0.3) is 0 Å². The quantitative estimate of drug-likeness (QED) is 0.0233. The number of carboxylic acid groups (broad SMARTS) is 1. The lowest BCUT2D eigenvalue weighted by atomic mass is 10.2.